The summed E-state index contributed by atoms with van der Waals surface area (Å²) < 4.78 is 5.15. The molecule has 2 aliphatic rings. The number of rotatable bonds is 3. The van der Waals surface area contributed by atoms with Gasteiger partial charge in [-0.25, -0.2) is 4.79 Å². The molecular weight excluding hydrogens is 382 g/mol. The highest BCUT2D eigenvalue weighted by Crippen LogP contribution is 2.43. The van der Waals surface area contributed by atoms with Crippen molar-refractivity contribution in [2.45, 2.75) is 45.4 Å². The van der Waals surface area contributed by atoms with Crippen molar-refractivity contribution in [3.63, 3.8) is 0 Å². The van der Waals surface area contributed by atoms with Crippen LogP contribution in [0.4, 0.5) is 10.5 Å². The Kier molecular flexibility index (Phi) is 5.70. The number of carbonyl (C=O) groups excluding carboxylic acids is 1. The van der Waals surface area contributed by atoms with Gasteiger partial charge in [0.2, 0.25) is 0 Å². The van der Waals surface area contributed by atoms with Crippen molar-refractivity contribution in [3.8, 4) is 0 Å². The molecule has 7 nitrogen and oxygen atoms in total. The second kappa shape index (κ2) is 8.42. The number of piperidine rings is 1. The maximum absolute atomic E-state index is 12.1. The molecule has 1 saturated heterocycles. The molecule has 0 spiro atoms. The van der Waals surface area contributed by atoms with Gasteiger partial charge in [0.15, 0.2) is 0 Å². The van der Waals surface area contributed by atoms with Gasteiger partial charge in [-0.2, -0.15) is 0 Å². The molecule has 0 bridgehead atoms. The van der Waals surface area contributed by atoms with Gasteiger partial charge in [0, 0.05) is 25.1 Å². The minimum absolute atomic E-state index is 0.0479. The molecule has 2 aromatic rings. The van der Waals surface area contributed by atoms with Crippen molar-refractivity contribution in [1.82, 2.24) is 9.88 Å². The van der Waals surface area contributed by atoms with Crippen molar-refractivity contribution < 1.29 is 14.5 Å². The molecule has 158 valence electrons. The first-order chi connectivity index (χ1) is 14.5. The smallest absolute Gasteiger partial charge is 0.409 e. The number of pyridine rings is 1. The van der Waals surface area contributed by atoms with Gasteiger partial charge in [0.05, 0.1) is 17.2 Å². The second-order valence-corrected chi connectivity index (χ2v) is 8.20. The van der Waals surface area contributed by atoms with Crippen molar-refractivity contribution in [2.75, 3.05) is 19.7 Å². The highest BCUT2D eigenvalue weighted by Gasteiger charge is 2.35. The van der Waals surface area contributed by atoms with Crippen LogP contribution in [0.15, 0.2) is 30.5 Å². The second-order valence-electron chi connectivity index (χ2n) is 8.20. The summed E-state index contributed by atoms with van der Waals surface area (Å²) in [5.74, 6) is 0.409. The van der Waals surface area contributed by atoms with Crippen LogP contribution in [0, 0.1) is 23.0 Å². The van der Waals surface area contributed by atoms with E-state index in [1.165, 1.54) is 22.9 Å². The van der Waals surface area contributed by atoms with E-state index >= 15 is 0 Å². The Morgan fingerprint density at radius 2 is 1.97 bits per heavy atom. The van der Waals surface area contributed by atoms with Crippen LogP contribution in [-0.2, 0) is 17.6 Å². The molecule has 1 atom stereocenters. The molecule has 4 rings (SSSR count). The van der Waals surface area contributed by atoms with Crippen LogP contribution >= 0.6 is 0 Å². The van der Waals surface area contributed by atoms with E-state index in [9.17, 15) is 14.9 Å². The van der Waals surface area contributed by atoms with Crippen molar-refractivity contribution in [1.29, 1.82) is 0 Å². The van der Waals surface area contributed by atoms with Crippen LogP contribution in [0.2, 0.25) is 0 Å². The molecule has 7 heteroatoms. The van der Waals surface area contributed by atoms with Gasteiger partial charge < -0.3 is 9.64 Å². The quantitative estimate of drug-likeness (QED) is 0.554. The fourth-order valence-corrected chi connectivity index (χ4v) is 4.87. The highest BCUT2D eigenvalue weighted by atomic mass is 16.6. The van der Waals surface area contributed by atoms with Crippen LogP contribution in [-0.4, -0.2) is 40.6 Å². The maximum atomic E-state index is 12.1. The zero-order chi connectivity index (χ0) is 21.3. The van der Waals surface area contributed by atoms with E-state index in [4.69, 9.17) is 4.74 Å². The fraction of sp³-hybridized carbons (Fsp3) is 0.478. The minimum atomic E-state index is -0.373. The molecule has 0 radical (unpaired) electrons. The molecule has 1 aliphatic carbocycles. The summed E-state index contributed by atoms with van der Waals surface area (Å²) in [5, 5.41) is 11.3. The van der Waals surface area contributed by atoms with Gasteiger partial charge >= 0.3 is 6.09 Å². The molecular formula is C23H27N3O4. The fourth-order valence-electron chi connectivity index (χ4n) is 4.87. The number of amides is 1. The molecule has 1 unspecified atom stereocenters. The van der Waals surface area contributed by atoms with Crippen LogP contribution < -0.4 is 0 Å². The Morgan fingerprint density at radius 3 is 2.67 bits per heavy atom. The van der Waals surface area contributed by atoms with E-state index in [2.05, 4.69) is 30.1 Å². The predicted octanol–water partition coefficient (Wildman–Crippen LogP) is 4.40. The van der Waals surface area contributed by atoms with Crippen molar-refractivity contribution in [3.05, 3.63) is 68.5 Å². The molecule has 0 N–H and O–H groups in total. The van der Waals surface area contributed by atoms with E-state index in [-0.39, 0.29) is 22.6 Å². The number of aromatic nitrogens is 1. The lowest BCUT2D eigenvalue weighted by molar-refractivity contribution is -0.385. The third-order valence-electron chi connectivity index (χ3n) is 6.33. The van der Waals surface area contributed by atoms with E-state index in [1.807, 2.05) is 6.92 Å². The Labute approximate surface area is 176 Å². The summed E-state index contributed by atoms with van der Waals surface area (Å²) >= 11 is 0. The van der Waals surface area contributed by atoms with Crippen molar-refractivity contribution >= 4 is 11.8 Å². The summed E-state index contributed by atoms with van der Waals surface area (Å²) in [6.45, 7) is 5.60. The van der Waals surface area contributed by atoms with Crippen LogP contribution in [0.5, 0.6) is 0 Å². The normalized spacial score (nSPS) is 18.9. The lowest BCUT2D eigenvalue weighted by Crippen LogP contribution is -2.40. The highest BCUT2D eigenvalue weighted by molar-refractivity contribution is 5.67. The summed E-state index contributed by atoms with van der Waals surface area (Å²) in [6, 6.07) is 8.26. The average molecular weight is 409 g/mol. The third-order valence-corrected chi connectivity index (χ3v) is 6.33. The Morgan fingerprint density at radius 1 is 1.23 bits per heavy atom. The minimum Gasteiger partial charge on any atom is -0.450 e. The lowest BCUT2D eigenvalue weighted by Gasteiger charge is -2.36. The molecule has 0 saturated carbocycles. The number of carbonyl (C=O) groups is 1. The van der Waals surface area contributed by atoms with E-state index < -0.39 is 0 Å². The summed E-state index contributed by atoms with van der Waals surface area (Å²) in [5.41, 5.74) is 5.76. The number of fused-ring (bicyclic) bond motifs is 2. The van der Waals surface area contributed by atoms with Crippen LogP contribution in [0.25, 0.3) is 0 Å². The summed E-state index contributed by atoms with van der Waals surface area (Å²) in [4.78, 5) is 29.4. The van der Waals surface area contributed by atoms with Crippen LogP contribution in [0.1, 0.15) is 53.6 Å². The number of hydrogen-bond donors (Lipinski definition) is 0. The van der Waals surface area contributed by atoms with Crippen molar-refractivity contribution in [2.24, 2.45) is 5.92 Å². The van der Waals surface area contributed by atoms with E-state index in [0.717, 1.165) is 36.9 Å². The van der Waals surface area contributed by atoms with E-state index in [0.29, 0.717) is 25.6 Å². The molecule has 30 heavy (non-hydrogen) atoms. The van der Waals surface area contributed by atoms with Gasteiger partial charge in [-0.1, -0.05) is 23.8 Å². The first-order valence-corrected chi connectivity index (χ1v) is 10.6. The molecule has 1 aliphatic heterocycles. The number of likely N-dealkylation sites (tertiary alicyclic amines) is 1. The van der Waals surface area contributed by atoms with E-state index in [1.54, 1.807) is 11.0 Å². The Balaban J connectivity index is 1.69. The number of hydrogen-bond acceptors (Lipinski definition) is 5. The number of aryl methyl sites for hydroxylation is 3. The topological polar surface area (TPSA) is 85.6 Å². The molecule has 2 heterocycles. The number of nitro groups is 1. The lowest BCUT2D eigenvalue weighted by atomic mass is 9.76. The molecule has 1 fully saturated rings. The molecule has 1 amide bonds. The SMILES string of the molecule is CCOC(=O)N1CCC(C2c3ccc(C)cc3CCc3cc([N+](=O)[O-])cnc32)CC1. The predicted molar refractivity (Wildman–Crippen MR) is 113 cm³/mol. The van der Waals surface area contributed by atoms with Gasteiger partial charge in [0.1, 0.15) is 6.20 Å². The molecule has 1 aromatic carbocycles. The number of nitrogens with zero attached hydrogens (tertiary/aromatic N) is 3. The Bertz CT molecular complexity index is 967. The largest absolute Gasteiger partial charge is 0.450 e. The first kappa shape index (κ1) is 20.3. The number of benzene rings is 1. The van der Waals surface area contributed by atoms with Gasteiger partial charge in [-0.15, -0.1) is 0 Å². The standard InChI is InChI=1S/C23H27N3O4/c1-3-30-23(27)25-10-8-16(9-11-25)21-20-7-4-15(2)12-17(20)5-6-18-13-19(26(28)29)14-24-22(18)21/h4,7,12-14,16,21H,3,5-6,8-11H2,1-2H3. The van der Waals surface area contributed by atoms with Gasteiger partial charge in [-0.05, 0) is 62.1 Å². The summed E-state index contributed by atoms with van der Waals surface area (Å²) in [6.07, 6.45) is 4.45. The third kappa shape index (κ3) is 3.88. The first-order valence-electron chi connectivity index (χ1n) is 10.6. The average Bonchev–Trinajstić information content (AvgIpc) is 2.90. The monoisotopic (exact) mass is 409 g/mol. The van der Waals surface area contributed by atoms with Crippen LogP contribution in [0.3, 0.4) is 0 Å². The number of ether oxygens (including phenoxy) is 1. The zero-order valence-corrected chi connectivity index (χ0v) is 17.5. The van der Waals surface area contributed by atoms with Gasteiger partial charge in [-0.3, -0.25) is 15.1 Å². The zero-order valence-electron chi connectivity index (χ0n) is 17.5. The van der Waals surface area contributed by atoms with Gasteiger partial charge in [0.25, 0.3) is 5.69 Å². The summed E-state index contributed by atoms with van der Waals surface area (Å²) in [7, 11) is 0. The maximum Gasteiger partial charge on any atom is 0.409 e. The Hall–Kier alpha value is -2.96. The molecule has 1 aromatic heterocycles.